The molecule has 0 aromatic rings. The number of carbonyl (C=O) groups excluding carboxylic acids is 2. The fourth-order valence-electron chi connectivity index (χ4n) is 6.24. The van der Waals surface area contributed by atoms with Gasteiger partial charge < -0.3 is 105 Å². The lowest BCUT2D eigenvalue weighted by atomic mass is 9.94. The van der Waals surface area contributed by atoms with Crippen LogP contribution in [0.15, 0.2) is 0 Å². The van der Waals surface area contributed by atoms with E-state index in [9.17, 15) is 70.9 Å². The summed E-state index contributed by atoms with van der Waals surface area (Å²) >= 11 is 0. The molecule has 0 aliphatic carbocycles. The number of nitrogens with one attached hydrogen (secondary N) is 2. The minimum atomic E-state index is -1.93. The number of aliphatic hydroxyl groups is 12. The topological polar surface area (TPSA) is 366 Å². The zero-order valence-electron chi connectivity index (χ0n) is 27.4. The Bertz CT molecular complexity index is 1140. The van der Waals surface area contributed by atoms with E-state index in [2.05, 4.69) is 10.6 Å². The van der Waals surface area contributed by atoms with Crippen molar-refractivity contribution in [2.24, 2.45) is 0 Å². The van der Waals surface area contributed by atoms with E-state index in [-0.39, 0.29) is 0 Å². The predicted octanol–water partition coefficient (Wildman–Crippen LogP) is -9.46. The van der Waals surface area contributed by atoms with E-state index in [1.54, 1.807) is 0 Å². The Morgan fingerprint density at radius 2 is 0.902 bits per heavy atom. The van der Waals surface area contributed by atoms with Crippen LogP contribution in [0.3, 0.4) is 0 Å². The van der Waals surface area contributed by atoms with Gasteiger partial charge >= 0.3 is 0 Å². The van der Waals surface area contributed by atoms with E-state index in [4.69, 9.17) is 33.2 Å². The van der Waals surface area contributed by atoms with E-state index in [1.165, 1.54) is 0 Å². The molecule has 4 saturated heterocycles. The third-order valence-corrected chi connectivity index (χ3v) is 8.99. The molecule has 0 saturated carbocycles. The van der Waals surface area contributed by atoms with Gasteiger partial charge in [-0.15, -0.1) is 0 Å². The first-order valence-electron chi connectivity index (χ1n) is 16.1. The molecule has 14 N–H and O–H groups in total. The van der Waals surface area contributed by atoms with E-state index in [0.717, 1.165) is 13.8 Å². The first-order chi connectivity index (χ1) is 24.0. The molecular weight excluding hydrogens is 700 g/mol. The lowest BCUT2D eigenvalue weighted by molar-refractivity contribution is -0.354. The van der Waals surface area contributed by atoms with Crippen molar-refractivity contribution >= 4 is 11.8 Å². The van der Waals surface area contributed by atoms with Gasteiger partial charge in [0.05, 0.1) is 26.4 Å². The lowest BCUT2D eigenvalue weighted by Crippen LogP contribution is -2.69. The fourth-order valence-corrected chi connectivity index (χ4v) is 6.24. The SMILES string of the molecule is CC(=O)N[C@H]1[C@H](OC[C@H]2OC(O)[C@H](NC(C)=O)[C@@H](O[C@@H]3O[C@H](CO)[C@H](O)[C@H](O)[C@H]3O)[C@H]2O)O[C@H](CO)[C@@H](O)[C@@H]1O[C@@H]1O[C@H](CO)[C@H](O)[C@H](O)[C@H]1O. The summed E-state index contributed by atoms with van der Waals surface area (Å²) in [5.74, 6) is -1.43. The second kappa shape index (κ2) is 18.0. The van der Waals surface area contributed by atoms with Crippen LogP contribution in [0.4, 0.5) is 0 Å². The molecule has 20 atom stereocenters. The van der Waals surface area contributed by atoms with Crippen molar-refractivity contribution in [1.29, 1.82) is 0 Å². The molecular formula is C28H48N2O21. The summed E-state index contributed by atoms with van der Waals surface area (Å²) in [6, 6.07) is -3.02. The van der Waals surface area contributed by atoms with Crippen LogP contribution >= 0.6 is 0 Å². The maximum absolute atomic E-state index is 12.3. The van der Waals surface area contributed by atoms with Gasteiger partial charge in [0.15, 0.2) is 25.2 Å². The quantitative estimate of drug-likeness (QED) is 0.0881. The zero-order chi connectivity index (χ0) is 37.9. The van der Waals surface area contributed by atoms with Crippen LogP contribution < -0.4 is 10.6 Å². The molecule has 4 rings (SSSR count). The van der Waals surface area contributed by atoms with Crippen LogP contribution in [-0.2, 0) is 42.7 Å². The van der Waals surface area contributed by atoms with Crippen LogP contribution in [0.25, 0.3) is 0 Å². The minimum Gasteiger partial charge on any atom is -0.394 e. The highest BCUT2D eigenvalue weighted by Gasteiger charge is 2.54. The Kier molecular flexibility index (Phi) is 14.8. The van der Waals surface area contributed by atoms with Crippen molar-refractivity contribution in [3.8, 4) is 0 Å². The van der Waals surface area contributed by atoms with Crippen molar-refractivity contribution in [1.82, 2.24) is 10.6 Å². The van der Waals surface area contributed by atoms with Gasteiger partial charge in [0.25, 0.3) is 0 Å². The van der Waals surface area contributed by atoms with E-state index in [0.29, 0.717) is 0 Å². The van der Waals surface area contributed by atoms with Gasteiger partial charge in [0, 0.05) is 13.8 Å². The van der Waals surface area contributed by atoms with Crippen molar-refractivity contribution in [2.45, 2.75) is 137 Å². The molecule has 1 unspecified atom stereocenters. The fraction of sp³-hybridized carbons (Fsp3) is 0.929. The third kappa shape index (κ3) is 9.29. The number of ether oxygens (including phenoxy) is 7. The van der Waals surface area contributed by atoms with E-state index in [1.807, 2.05) is 0 Å². The molecule has 2 amide bonds. The number of hydrogen-bond acceptors (Lipinski definition) is 21. The number of hydrogen-bond donors (Lipinski definition) is 14. The highest BCUT2D eigenvalue weighted by molar-refractivity contribution is 5.73. The Morgan fingerprint density at radius 3 is 1.35 bits per heavy atom. The second-order valence-corrected chi connectivity index (χ2v) is 12.7. The standard InChI is InChI=1S/C28H48N2O21/c1-7(34)29-13-23(50-27-21(42)19(40)15(36)9(3-31)48-27)18(39)12(46-25(13)44)6-45-26-14(30-8(2)35)24(17(38)11(5-33)47-26)51-28-22(43)20(41)16(37)10(4-32)49-28/h9-28,31-33,36-44H,3-6H2,1-2H3,(H,29,34)(H,30,35)/t9-,10-,11-,12-,13-,14-,15+,16+,17-,18+,19+,20+,21-,22-,23-,24-,25?,26-,27+,28+/m1/s1. The summed E-state index contributed by atoms with van der Waals surface area (Å²) in [7, 11) is 0. The van der Waals surface area contributed by atoms with Gasteiger partial charge in [-0.25, -0.2) is 0 Å². The largest absolute Gasteiger partial charge is 0.394 e. The van der Waals surface area contributed by atoms with Gasteiger partial charge in [-0.1, -0.05) is 0 Å². The molecule has 0 aromatic heterocycles. The summed E-state index contributed by atoms with van der Waals surface area (Å²) in [5.41, 5.74) is 0. The van der Waals surface area contributed by atoms with Gasteiger partial charge in [0.2, 0.25) is 11.8 Å². The molecule has 296 valence electrons. The summed E-state index contributed by atoms with van der Waals surface area (Å²) in [4.78, 5) is 24.2. The molecule has 4 aliphatic heterocycles. The Labute approximate surface area is 289 Å². The maximum Gasteiger partial charge on any atom is 0.217 e. The monoisotopic (exact) mass is 748 g/mol. The van der Waals surface area contributed by atoms with E-state index < -0.39 is 161 Å². The molecule has 0 radical (unpaired) electrons. The summed E-state index contributed by atoms with van der Waals surface area (Å²) < 4.78 is 39.1. The third-order valence-electron chi connectivity index (χ3n) is 8.99. The van der Waals surface area contributed by atoms with Crippen molar-refractivity contribution in [3.05, 3.63) is 0 Å². The van der Waals surface area contributed by atoms with Crippen LogP contribution in [-0.4, -0.2) is 222 Å². The molecule has 51 heavy (non-hydrogen) atoms. The summed E-state index contributed by atoms with van der Waals surface area (Å²) in [6.07, 6.45) is -31.1. The summed E-state index contributed by atoms with van der Waals surface area (Å²) in [5, 5.41) is 129. The van der Waals surface area contributed by atoms with Crippen molar-refractivity contribution in [2.75, 3.05) is 26.4 Å². The first kappa shape index (κ1) is 41.9. The Hall–Kier alpha value is -1.82. The number of aliphatic hydroxyl groups excluding tert-OH is 12. The van der Waals surface area contributed by atoms with Gasteiger partial charge in [-0.05, 0) is 0 Å². The number of rotatable bonds is 12. The van der Waals surface area contributed by atoms with Gasteiger partial charge in [-0.2, -0.15) is 0 Å². The molecule has 0 aromatic carbocycles. The normalized spacial score (nSPS) is 47.8. The van der Waals surface area contributed by atoms with Crippen molar-refractivity contribution in [3.63, 3.8) is 0 Å². The first-order valence-corrected chi connectivity index (χ1v) is 16.1. The highest BCUT2D eigenvalue weighted by Crippen LogP contribution is 2.32. The molecule has 4 aliphatic rings. The molecule has 0 spiro atoms. The van der Waals surface area contributed by atoms with Crippen LogP contribution in [0, 0.1) is 0 Å². The molecule has 0 bridgehead atoms. The van der Waals surface area contributed by atoms with Crippen LogP contribution in [0.1, 0.15) is 13.8 Å². The molecule has 4 fully saturated rings. The predicted molar refractivity (Wildman–Crippen MR) is 157 cm³/mol. The van der Waals surface area contributed by atoms with Crippen LogP contribution in [0.5, 0.6) is 0 Å². The number of amides is 2. The smallest absolute Gasteiger partial charge is 0.217 e. The minimum absolute atomic E-state index is 0.709. The highest BCUT2D eigenvalue weighted by atomic mass is 16.7. The second-order valence-electron chi connectivity index (χ2n) is 12.7. The average molecular weight is 749 g/mol. The number of carbonyl (C=O) groups is 2. The summed E-state index contributed by atoms with van der Waals surface area (Å²) in [6.45, 7) is -1.02. The van der Waals surface area contributed by atoms with E-state index >= 15 is 0 Å². The molecule has 23 nitrogen and oxygen atoms in total. The lowest BCUT2D eigenvalue weighted by Gasteiger charge is -2.48. The van der Waals surface area contributed by atoms with Gasteiger partial charge in [-0.3, -0.25) is 9.59 Å². The Balaban J connectivity index is 1.55. The van der Waals surface area contributed by atoms with Gasteiger partial charge in [0.1, 0.15) is 97.5 Å². The van der Waals surface area contributed by atoms with Crippen LogP contribution in [0.2, 0.25) is 0 Å². The van der Waals surface area contributed by atoms with Crippen molar-refractivity contribution < 1.29 is 104 Å². The molecule has 4 heterocycles. The zero-order valence-corrected chi connectivity index (χ0v) is 27.4. The average Bonchev–Trinajstić information content (AvgIpc) is 3.08. The maximum atomic E-state index is 12.3. The Morgan fingerprint density at radius 1 is 0.510 bits per heavy atom. The molecule has 23 heteroatoms.